The van der Waals surface area contributed by atoms with Crippen LogP contribution in [0.15, 0.2) is 133 Å². The van der Waals surface area contributed by atoms with Crippen LogP contribution in [0.1, 0.15) is 11.1 Å². The summed E-state index contributed by atoms with van der Waals surface area (Å²) in [5.41, 5.74) is 25.4. The van der Waals surface area contributed by atoms with Gasteiger partial charge in [-0.15, -0.1) is 0 Å². The number of rotatable bonds is 0. The molecule has 8 heteroatoms. The van der Waals surface area contributed by atoms with Crippen molar-refractivity contribution in [3.05, 3.63) is 145 Å². The molecule has 6 nitrogen and oxygen atoms in total. The maximum atomic E-state index is 2.62. The predicted octanol–water partition coefficient (Wildman–Crippen LogP) is 9.80. The molecule has 13 rings (SSSR count). The molecule has 54 heavy (non-hydrogen) atoms. The Labute approximate surface area is 315 Å². The molecule has 0 bridgehead atoms. The van der Waals surface area contributed by atoms with Gasteiger partial charge in [-0.05, 0) is 109 Å². The minimum atomic E-state index is -0.0467. The van der Waals surface area contributed by atoms with Crippen LogP contribution in [-0.2, 0) is 0 Å². The Morgan fingerprint density at radius 2 is 0.722 bits per heavy atom. The normalized spacial score (nSPS) is 15.5. The average Bonchev–Trinajstić information content (AvgIpc) is 3.74. The van der Waals surface area contributed by atoms with Crippen LogP contribution >= 0.6 is 0 Å². The van der Waals surface area contributed by atoms with E-state index in [4.69, 9.17) is 0 Å². The van der Waals surface area contributed by atoms with Crippen LogP contribution in [0.3, 0.4) is 0 Å². The van der Waals surface area contributed by atoms with Crippen molar-refractivity contribution < 1.29 is 0 Å². The smallest absolute Gasteiger partial charge is 0.359 e. The van der Waals surface area contributed by atoms with Crippen molar-refractivity contribution in [2.45, 2.75) is 13.8 Å². The molecule has 0 amide bonds. The second-order valence-corrected chi connectivity index (χ2v) is 15.7. The van der Waals surface area contributed by atoms with E-state index < -0.39 is 0 Å². The third-order valence-electron chi connectivity index (χ3n) is 12.9. The third kappa shape index (κ3) is 3.28. The number of para-hydroxylation sites is 6. The SMILES string of the molecule is Cc1ccc2c(c1)-c1cc3c(cc1B1N2c2cccc4c2N1c1ccccc1N4C)-c1cc(C)ccc1N1B3N2c3ccccc3N(C)c3cccc1c32. The molecule has 0 saturated heterocycles. The van der Waals surface area contributed by atoms with Gasteiger partial charge in [-0.25, -0.2) is 0 Å². The first-order chi connectivity index (χ1) is 26.5. The zero-order chi connectivity index (χ0) is 35.7. The van der Waals surface area contributed by atoms with Crippen molar-refractivity contribution in [2.75, 3.05) is 43.1 Å². The van der Waals surface area contributed by atoms with Crippen LogP contribution < -0.4 is 40.0 Å². The van der Waals surface area contributed by atoms with Gasteiger partial charge in [0.1, 0.15) is 0 Å². The molecule has 0 atom stereocenters. The van der Waals surface area contributed by atoms with E-state index in [1.807, 2.05) is 0 Å². The molecule has 0 aliphatic carbocycles. The fourth-order valence-electron chi connectivity index (χ4n) is 10.6. The lowest BCUT2D eigenvalue weighted by Crippen LogP contribution is -2.59. The lowest BCUT2D eigenvalue weighted by molar-refractivity contribution is 1.16. The first-order valence-electron chi connectivity index (χ1n) is 19.0. The Morgan fingerprint density at radius 1 is 0.333 bits per heavy atom. The van der Waals surface area contributed by atoms with Gasteiger partial charge >= 0.3 is 14.0 Å². The topological polar surface area (TPSA) is 19.4 Å². The second kappa shape index (κ2) is 9.71. The number of hydrogen-bond acceptors (Lipinski definition) is 6. The van der Waals surface area contributed by atoms with Gasteiger partial charge in [-0.1, -0.05) is 71.8 Å². The molecular formula is C46H34B2N6. The first-order valence-corrected chi connectivity index (χ1v) is 19.0. The number of nitrogens with zero attached hydrogens (tertiary/aromatic N) is 6. The van der Waals surface area contributed by atoms with Crippen molar-refractivity contribution in [1.29, 1.82) is 0 Å². The van der Waals surface area contributed by atoms with Crippen molar-refractivity contribution in [3.8, 4) is 22.3 Å². The first kappa shape index (κ1) is 29.0. The summed E-state index contributed by atoms with van der Waals surface area (Å²) in [6.07, 6.45) is 0. The fourth-order valence-corrected chi connectivity index (χ4v) is 10.6. The van der Waals surface area contributed by atoms with Gasteiger partial charge in [0.05, 0.1) is 56.9 Å². The van der Waals surface area contributed by atoms with Crippen LogP contribution in [0.5, 0.6) is 0 Å². The molecule has 0 unspecified atom stereocenters. The molecule has 7 aromatic carbocycles. The maximum absolute atomic E-state index is 2.62. The van der Waals surface area contributed by atoms with Gasteiger partial charge in [-0.3, -0.25) is 0 Å². The van der Waals surface area contributed by atoms with E-state index in [-0.39, 0.29) is 14.0 Å². The Hall–Kier alpha value is -6.53. The zero-order valence-corrected chi connectivity index (χ0v) is 30.5. The molecule has 0 fully saturated rings. The molecule has 6 heterocycles. The summed E-state index contributed by atoms with van der Waals surface area (Å²) in [6, 6.07) is 50.7. The lowest BCUT2D eigenvalue weighted by atomic mass is 9.53. The van der Waals surface area contributed by atoms with Gasteiger partial charge in [0.15, 0.2) is 0 Å². The largest absolute Gasteiger partial charge is 0.421 e. The molecule has 0 aromatic heterocycles. The van der Waals surface area contributed by atoms with Crippen molar-refractivity contribution in [1.82, 2.24) is 0 Å². The molecule has 0 saturated carbocycles. The maximum Gasteiger partial charge on any atom is 0.421 e. The molecular weight excluding hydrogens is 658 g/mol. The van der Waals surface area contributed by atoms with Crippen LogP contribution in [0.25, 0.3) is 22.3 Å². The Kier molecular flexibility index (Phi) is 5.21. The van der Waals surface area contributed by atoms with E-state index in [9.17, 15) is 0 Å². The van der Waals surface area contributed by atoms with E-state index in [2.05, 4.69) is 190 Å². The van der Waals surface area contributed by atoms with Crippen LogP contribution in [0.4, 0.5) is 68.2 Å². The minimum absolute atomic E-state index is 0.0467. The highest BCUT2D eigenvalue weighted by Crippen LogP contribution is 2.61. The van der Waals surface area contributed by atoms with E-state index in [0.29, 0.717) is 0 Å². The van der Waals surface area contributed by atoms with Crippen LogP contribution in [0.2, 0.25) is 0 Å². The summed E-state index contributed by atoms with van der Waals surface area (Å²) in [7, 11) is 4.41. The Bertz CT molecular complexity index is 2670. The highest BCUT2D eigenvalue weighted by atomic mass is 15.4. The van der Waals surface area contributed by atoms with E-state index >= 15 is 0 Å². The number of aryl methyl sites for hydroxylation is 2. The fraction of sp³-hybridized carbons (Fsp3) is 0.0870. The number of hydrogen-bond donors (Lipinski definition) is 0. The van der Waals surface area contributed by atoms with Crippen molar-refractivity contribution >= 4 is 93.1 Å². The average molecular weight is 692 g/mol. The number of benzene rings is 7. The van der Waals surface area contributed by atoms with Crippen molar-refractivity contribution in [3.63, 3.8) is 0 Å². The lowest BCUT2D eigenvalue weighted by Gasteiger charge is -2.42. The molecule has 0 radical (unpaired) electrons. The summed E-state index contributed by atoms with van der Waals surface area (Å²) < 4.78 is 0. The number of anilines is 12. The van der Waals surface area contributed by atoms with E-state index in [0.717, 1.165) is 0 Å². The third-order valence-corrected chi connectivity index (χ3v) is 12.9. The predicted molar refractivity (Wildman–Crippen MR) is 228 cm³/mol. The molecule has 6 aliphatic rings. The van der Waals surface area contributed by atoms with Crippen molar-refractivity contribution in [2.24, 2.45) is 0 Å². The quantitative estimate of drug-likeness (QED) is 0.147. The van der Waals surface area contributed by atoms with Crippen LogP contribution in [0, 0.1) is 13.8 Å². The molecule has 0 N–H and O–H groups in total. The van der Waals surface area contributed by atoms with Gasteiger partial charge in [0.2, 0.25) is 0 Å². The number of fused-ring (bicyclic) bond motifs is 20. The summed E-state index contributed by atoms with van der Waals surface area (Å²) in [5.74, 6) is 0. The zero-order valence-electron chi connectivity index (χ0n) is 30.5. The summed E-state index contributed by atoms with van der Waals surface area (Å²) >= 11 is 0. The summed E-state index contributed by atoms with van der Waals surface area (Å²) in [5, 5.41) is 0. The second-order valence-electron chi connectivity index (χ2n) is 15.7. The standard InChI is InChI=1S/C46H34B2N6/c1-27-19-21-35-31(23-27)29-25-34-30(26-33(29)47-51(35)43-17-9-15-41-45(43)53(47)39-13-7-5-11-37(39)49(41)3)32-24-28(2)20-22-36(32)52-44-18-10-16-42-46(44)54(48(34)52)40-14-8-6-12-38(40)50(42)4/h5-26H,1-4H3. The van der Waals surface area contributed by atoms with Gasteiger partial charge < -0.3 is 29.0 Å². The van der Waals surface area contributed by atoms with Gasteiger partial charge in [0, 0.05) is 36.6 Å². The summed E-state index contributed by atoms with van der Waals surface area (Å²) in [6.45, 7) is 4.36. The highest BCUT2D eigenvalue weighted by molar-refractivity contribution is 6.89. The van der Waals surface area contributed by atoms with E-state index in [1.54, 1.807) is 0 Å². The minimum Gasteiger partial charge on any atom is -0.359 e. The molecule has 254 valence electrons. The summed E-state index contributed by atoms with van der Waals surface area (Å²) in [4.78, 5) is 15.2. The molecule has 6 aliphatic heterocycles. The van der Waals surface area contributed by atoms with Gasteiger partial charge in [-0.2, -0.15) is 0 Å². The molecule has 7 aromatic rings. The highest BCUT2D eigenvalue weighted by Gasteiger charge is 2.55. The van der Waals surface area contributed by atoms with Gasteiger partial charge in [0.25, 0.3) is 0 Å². The van der Waals surface area contributed by atoms with E-state index in [1.165, 1.54) is 113 Å². The van der Waals surface area contributed by atoms with Crippen LogP contribution in [-0.4, -0.2) is 28.1 Å². The molecule has 0 spiro atoms. The Morgan fingerprint density at radius 3 is 1.17 bits per heavy atom. The monoisotopic (exact) mass is 692 g/mol. The Balaban J connectivity index is 1.13.